The fraction of sp³-hybridized carbons (Fsp3) is 0.174. The number of carboxylic acid groups (broad SMARTS) is 1. The molecule has 1 aromatic heterocycles. The van der Waals surface area contributed by atoms with E-state index in [1.54, 1.807) is 17.0 Å². The number of aromatic nitrogens is 2. The Bertz CT molecular complexity index is 1140. The molecule has 0 unspecified atom stereocenters. The van der Waals surface area contributed by atoms with Crippen LogP contribution in [0, 0.1) is 6.92 Å². The largest absolute Gasteiger partial charge is 0.478 e. The number of carboxylic acids is 1. The van der Waals surface area contributed by atoms with Gasteiger partial charge in [-0.25, -0.2) is 4.79 Å². The predicted octanol–water partition coefficient (Wildman–Crippen LogP) is 3.58. The Hall–Kier alpha value is -3.67. The zero-order valence-corrected chi connectivity index (χ0v) is 16.3. The summed E-state index contributed by atoms with van der Waals surface area (Å²) in [7, 11) is 1.92. The van der Waals surface area contributed by atoms with Gasteiger partial charge >= 0.3 is 5.97 Å². The Labute approximate surface area is 168 Å². The molecule has 1 aliphatic heterocycles. The number of hydrogen-bond donors (Lipinski definition) is 1. The first-order valence-electron chi connectivity index (χ1n) is 9.35. The molecule has 1 N–H and O–H groups in total. The number of hydrogen-bond acceptors (Lipinski definition) is 3. The molecule has 6 nitrogen and oxygen atoms in total. The van der Waals surface area contributed by atoms with Crippen molar-refractivity contribution >= 4 is 23.6 Å². The summed E-state index contributed by atoms with van der Waals surface area (Å²) >= 11 is 0. The minimum absolute atomic E-state index is 0.0917. The zero-order valence-electron chi connectivity index (χ0n) is 16.3. The highest BCUT2D eigenvalue weighted by atomic mass is 16.4. The lowest BCUT2D eigenvalue weighted by Gasteiger charge is -2.23. The molecule has 6 heteroatoms. The molecule has 0 atom stereocenters. The molecular formula is C23H21N3O3. The van der Waals surface area contributed by atoms with Gasteiger partial charge in [0, 0.05) is 42.1 Å². The van der Waals surface area contributed by atoms with Crippen LogP contribution in [-0.2, 0) is 24.8 Å². The Morgan fingerprint density at radius 3 is 2.69 bits per heavy atom. The summed E-state index contributed by atoms with van der Waals surface area (Å²) in [6.45, 7) is 2.33. The normalized spacial score (nSPS) is 13.1. The standard InChI is InChI=1S/C23H21N3O3/c1-15-11-18(8-7-16(15)9-10-22(27)28)23(29)26-14-19-13-24-25(2)21(19)12-17-5-3-4-6-20(17)26/h3-11,13H,12,14H2,1-2H3,(H,27,28)/b10-9+. The van der Waals surface area contributed by atoms with Gasteiger partial charge in [0.25, 0.3) is 5.91 Å². The zero-order chi connectivity index (χ0) is 20.5. The van der Waals surface area contributed by atoms with Crippen LogP contribution in [0.15, 0.2) is 54.7 Å². The molecule has 0 spiro atoms. The number of benzene rings is 2. The highest BCUT2D eigenvalue weighted by Gasteiger charge is 2.26. The molecule has 0 bridgehead atoms. The van der Waals surface area contributed by atoms with Gasteiger partial charge in [0.1, 0.15) is 0 Å². The van der Waals surface area contributed by atoms with Crippen LogP contribution in [0.2, 0.25) is 0 Å². The highest BCUT2D eigenvalue weighted by molar-refractivity contribution is 6.07. The van der Waals surface area contributed by atoms with Crippen LogP contribution in [0.25, 0.3) is 6.08 Å². The van der Waals surface area contributed by atoms with Crippen LogP contribution >= 0.6 is 0 Å². The van der Waals surface area contributed by atoms with Gasteiger partial charge in [0.15, 0.2) is 0 Å². The van der Waals surface area contributed by atoms with Crippen LogP contribution in [-0.4, -0.2) is 26.8 Å². The van der Waals surface area contributed by atoms with Crippen molar-refractivity contribution in [2.24, 2.45) is 7.05 Å². The van der Waals surface area contributed by atoms with Crippen LogP contribution in [0.5, 0.6) is 0 Å². The number of anilines is 1. The lowest BCUT2D eigenvalue weighted by atomic mass is 10.0. The molecule has 0 aliphatic carbocycles. The van der Waals surface area contributed by atoms with Gasteiger partial charge in [0.2, 0.25) is 0 Å². The van der Waals surface area contributed by atoms with E-state index in [1.165, 1.54) is 6.08 Å². The molecule has 0 fully saturated rings. The Balaban J connectivity index is 1.73. The van der Waals surface area contributed by atoms with Crippen molar-refractivity contribution in [3.63, 3.8) is 0 Å². The van der Waals surface area contributed by atoms with Gasteiger partial charge in [0.05, 0.1) is 12.7 Å². The molecule has 4 rings (SSSR count). The number of rotatable bonds is 3. The van der Waals surface area contributed by atoms with Crippen molar-refractivity contribution in [3.8, 4) is 0 Å². The van der Waals surface area contributed by atoms with E-state index < -0.39 is 5.97 Å². The maximum Gasteiger partial charge on any atom is 0.328 e. The number of nitrogens with zero attached hydrogens (tertiary/aromatic N) is 3. The van der Waals surface area contributed by atoms with Gasteiger partial charge < -0.3 is 10.0 Å². The second-order valence-electron chi connectivity index (χ2n) is 7.18. The summed E-state index contributed by atoms with van der Waals surface area (Å²) in [5, 5.41) is 13.2. The average Bonchev–Trinajstić information content (AvgIpc) is 2.95. The summed E-state index contributed by atoms with van der Waals surface area (Å²) in [5.41, 5.74) is 6.32. The summed E-state index contributed by atoms with van der Waals surface area (Å²) in [6.07, 6.45) is 5.18. The van der Waals surface area contributed by atoms with E-state index in [0.29, 0.717) is 12.1 Å². The smallest absolute Gasteiger partial charge is 0.328 e. The molecule has 0 saturated heterocycles. The molecule has 3 aromatic rings. The lowest BCUT2D eigenvalue weighted by Crippen LogP contribution is -2.30. The number of carbonyl (C=O) groups excluding carboxylic acids is 1. The number of amides is 1. The fourth-order valence-electron chi connectivity index (χ4n) is 3.72. The van der Waals surface area contributed by atoms with Crippen molar-refractivity contribution in [2.45, 2.75) is 19.9 Å². The third-order valence-electron chi connectivity index (χ3n) is 5.28. The minimum atomic E-state index is -1.00. The highest BCUT2D eigenvalue weighted by Crippen LogP contribution is 2.31. The fourth-order valence-corrected chi connectivity index (χ4v) is 3.72. The first-order valence-corrected chi connectivity index (χ1v) is 9.35. The van der Waals surface area contributed by atoms with Crippen molar-refractivity contribution in [1.29, 1.82) is 0 Å². The number of aryl methyl sites for hydroxylation is 2. The number of para-hydroxylation sites is 1. The second kappa shape index (κ2) is 7.39. The van der Waals surface area contributed by atoms with Crippen molar-refractivity contribution < 1.29 is 14.7 Å². The van der Waals surface area contributed by atoms with Gasteiger partial charge in [-0.2, -0.15) is 5.10 Å². The van der Waals surface area contributed by atoms with E-state index in [0.717, 1.165) is 46.1 Å². The second-order valence-corrected chi connectivity index (χ2v) is 7.18. The molecule has 2 heterocycles. The lowest BCUT2D eigenvalue weighted by molar-refractivity contribution is -0.131. The maximum absolute atomic E-state index is 13.4. The molecular weight excluding hydrogens is 366 g/mol. The Kier molecular flexibility index (Phi) is 4.76. The van der Waals surface area contributed by atoms with Crippen LogP contribution in [0.1, 0.15) is 38.3 Å². The first-order chi connectivity index (χ1) is 13.9. The van der Waals surface area contributed by atoms with E-state index in [1.807, 2.05) is 55.2 Å². The van der Waals surface area contributed by atoms with Crippen LogP contribution in [0.4, 0.5) is 5.69 Å². The molecule has 29 heavy (non-hydrogen) atoms. The minimum Gasteiger partial charge on any atom is -0.478 e. The summed E-state index contributed by atoms with van der Waals surface area (Å²) in [5.74, 6) is -1.09. The van der Waals surface area contributed by atoms with E-state index >= 15 is 0 Å². The Morgan fingerprint density at radius 2 is 1.93 bits per heavy atom. The summed E-state index contributed by atoms with van der Waals surface area (Å²) in [6, 6.07) is 13.3. The average molecular weight is 387 g/mol. The summed E-state index contributed by atoms with van der Waals surface area (Å²) < 4.78 is 1.87. The third-order valence-corrected chi connectivity index (χ3v) is 5.28. The van der Waals surface area contributed by atoms with Gasteiger partial charge in [-0.05, 0) is 47.9 Å². The Morgan fingerprint density at radius 1 is 1.14 bits per heavy atom. The first kappa shape index (κ1) is 18.7. The van der Waals surface area contributed by atoms with E-state index in [-0.39, 0.29) is 5.91 Å². The van der Waals surface area contributed by atoms with Crippen molar-refractivity contribution in [3.05, 3.63) is 88.2 Å². The molecule has 1 amide bonds. The molecule has 1 aliphatic rings. The van der Waals surface area contributed by atoms with Gasteiger partial charge in [-0.3, -0.25) is 9.48 Å². The predicted molar refractivity (Wildman–Crippen MR) is 111 cm³/mol. The van der Waals surface area contributed by atoms with E-state index in [2.05, 4.69) is 5.10 Å². The molecule has 0 saturated carbocycles. The third kappa shape index (κ3) is 3.57. The molecule has 2 aromatic carbocycles. The van der Waals surface area contributed by atoms with Crippen LogP contribution in [0.3, 0.4) is 0 Å². The van der Waals surface area contributed by atoms with E-state index in [4.69, 9.17) is 5.11 Å². The quantitative estimate of drug-likeness (QED) is 0.697. The number of aliphatic carboxylic acids is 1. The van der Waals surface area contributed by atoms with E-state index in [9.17, 15) is 9.59 Å². The van der Waals surface area contributed by atoms with Crippen molar-refractivity contribution in [1.82, 2.24) is 9.78 Å². The van der Waals surface area contributed by atoms with Crippen molar-refractivity contribution in [2.75, 3.05) is 4.90 Å². The maximum atomic E-state index is 13.4. The summed E-state index contributed by atoms with van der Waals surface area (Å²) in [4.78, 5) is 26.0. The van der Waals surface area contributed by atoms with Gasteiger partial charge in [-0.15, -0.1) is 0 Å². The van der Waals surface area contributed by atoms with Gasteiger partial charge in [-0.1, -0.05) is 24.3 Å². The van der Waals surface area contributed by atoms with Crippen LogP contribution < -0.4 is 4.90 Å². The molecule has 0 radical (unpaired) electrons. The monoisotopic (exact) mass is 387 g/mol. The SMILES string of the molecule is Cc1cc(C(=O)N2Cc3cnn(C)c3Cc3ccccc32)ccc1/C=C/C(=O)O. The number of fused-ring (bicyclic) bond motifs is 2. The molecule has 146 valence electrons. The number of carbonyl (C=O) groups is 2. The topological polar surface area (TPSA) is 75.4 Å².